The molecule has 0 saturated carbocycles. The lowest BCUT2D eigenvalue weighted by Gasteiger charge is -2.13. The maximum absolute atomic E-state index is 12.6. The number of carbonyl (C=O) groups is 1. The smallest absolute Gasteiger partial charge is 0.287 e. The third-order valence-corrected chi connectivity index (χ3v) is 4.84. The standard InChI is InChI=1S/C21H16BrN3O4/c1-13-10-19-23-14(11-20(26)25(19)29-13)12-28-18-9-5-4-8-17(18)24-21(27)15-6-2-3-7-16(15)22/h2-11H,12H2,1H3,(H,24,27). The molecule has 0 unspecified atom stereocenters. The van der Waals surface area contributed by atoms with E-state index in [-0.39, 0.29) is 18.1 Å². The lowest BCUT2D eigenvalue weighted by Crippen LogP contribution is -2.15. The number of hydrogen-bond acceptors (Lipinski definition) is 5. The number of nitrogens with one attached hydrogen (secondary N) is 1. The SMILES string of the molecule is Cc1cc2nc(COc3ccccc3NC(=O)c3ccccc3Br)cc(=O)n2o1. The van der Waals surface area contributed by atoms with Crippen molar-refractivity contribution in [3.63, 3.8) is 0 Å². The molecule has 4 aromatic rings. The second-order valence-corrected chi connectivity index (χ2v) is 7.16. The molecule has 0 spiro atoms. The van der Waals surface area contributed by atoms with Gasteiger partial charge in [-0.1, -0.05) is 24.3 Å². The summed E-state index contributed by atoms with van der Waals surface area (Å²) in [7, 11) is 0. The predicted octanol–water partition coefficient (Wildman–Crippen LogP) is 4.19. The van der Waals surface area contributed by atoms with Crippen molar-refractivity contribution in [3.05, 3.63) is 92.5 Å². The van der Waals surface area contributed by atoms with Gasteiger partial charge in [-0.05, 0) is 47.1 Å². The van der Waals surface area contributed by atoms with Gasteiger partial charge in [0.25, 0.3) is 11.5 Å². The van der Waals surface area contributed by atoms with E-state index in [1.54, 1.807) is 55.5 Å². The molecule has 1 N–H and O–H groups in total. The molecule has 2 aromatic carbocycles. The van der Waals surface area contributed by atoms with Gasteiger partial charge < -0.3 is 14.6 Å². The molecular formula is C21H16BrN3O4. The minimum atomic E-state index is -0.322. The molecule has 4 rings (SSSR count). The first-order valence-corrected chi connectivity index (χ1v) is 9.58. The molecule has 146 valence electrons. The minimum absolute atomic E-state index is 0.0673. The van der Waals surface area contributed by atoms with E-state index in [0.717, 1.165) is 4.57 Å². The maximum Gasteiger partial charge on any atom is 0.287 e. The number of aryl methyl sites for hydroxylation is 1. The number of para-hydroxylation sites is 2. The molecule has 29 heavy (non-hydrogen) atoms. The fourth-order valence-electron chi connectivity index (χ4n) is 2.83. The van der Waals surface area contributed by atoms with Crippen molar-refractivity contribution in [2.75, 3.05) is 5.32 Å². The molecule has 0 aliphatic rings. The number of hydrogen-bond donors (Lipinski definition) is 1. The Kier molecular flexibility index (Phi) is 5.18. The highest BCUT2D eigenvalue weighted by atomic mass is 79.9. The number of carbonyl (C=O) groups excluding carboxylic acids is 1. The Labute approximate surface area is 174 Å². The van der Waals surface area contributed by atoms with Crippen LogP contribution in [0, 0.1) is 6.92 Å². The Morgan fingerprint density at radius 2 is 1.93 bits per heavy atom. The van der Waals surface area contributed by atoms with Gasteiger partial charge in [-0.3, -0.25) is 9.59 Å². The van der Waals surface area contributed by atoms with Gasteiger partial charge in [0.1, 0.15) is 18.1 Å². The zero-order valence-corrected chi connectivity index (χ0v) is 17.0. The molecule has 2 aromatic heterocycles. The van der Waals surface area contributed by atoms with Crippen LogP contribution in [0.5, 0.6) is 5.75 Å². The van der Waals surface area contributed by atoms with Crippen LogP contribution in [-0.2, 0) is 6.61 Å². The number of fused-ring (bicyclic) bond motifs is 1. The first-order chi connectivity index (χ1) is 14.0. The van der Waals surface area contributed by atoms with Crippen molar-refractivity contribution in [2.24, 2.45) is 0 Å². The van der Waals surface area contributed by atoms with Gasteiger partial charge in [-0.15, -0.1) is 4.57 Å². The van der Waals surface area contributed by atoms with Crippen LogP contribution in [0.1, 0.15) is 21.8 Å². The van der Waals surface area contributed by atoms with Crippen molar-refractivity contribution in [1.29, 1.82) is 0 Å². The third-order valence-electron chi connectivity index (χ3n) is 4.15. The Balaban J connectivity index is 1.54. The molecule has 7 nitrogen and oxygen atoms in total. The first-order valence-electron chi connectivity index (χ1n) is 8.78. The summed E-state index contributed by atoms with van der Waals surface area (Å²) >= 11 is 3.38. The van der Waals surface area contributed by atoms with E-state index in [9.17, 15) is 9.59 Å². The molecule has 1 amide bonds. The third kappa shape index (κ3) is 4.07. The topological polar surface area (TPSA) is 85.8 Å². The van der Waals surface area contributed by atoms with Gasteiger partial charge in [-0.2, -0.15) is 0 Å². The summed E-state index contributed by atoms with van der Waals surface area (Å²) in [4.78, 5) is 29.1. The zero-order chi connectivity index (χ0) is 20.4. The van der Waals surface area contributed by atoms with Crippen molar-refractivity contribution in [2.45, 2.75) is 13.5 Å². The second kappa shape index (κ2) is 7.92. The van der Waals surface area contributed by atoms with Gasteiger partial charge >= 0.3 is 0 Å². The molecule has 0 aliphatic heterocycles. The van der Waals surface area contributed by atoms with Crippen LogP contribution in [0.15, 0.2) is 74.5 Å². The Morgan fingerprint density at radius 1 is 1.17 bits per heavy atom. The second-order valence-electron chi connectivity index (χ2n) is 6.30. The summed E-state index contributed by atoms with van der Waals surface area (Å²) in [6.07, 6.45) is 0. The van der Waals surface area contributed by atoms with Crippen molar-refractivity contribution >= 4 is 33.2 Å². The number of aromatic nitrogens is 2. The summed E-state index contributed by atoms with van der Waals surface area (Å²) in [5.41, 5.74) is 1.59. The highest BCUT2D eigenvalue weighted by molar-refractivity contribution is 9.10. The van der Waals surface area contributed by atoms with E-state index in [2.05, 4.69) is 26.2 Å². The summed E-state index contributed by atoms with van der Waals surface area (Å²) < 4.78 is 12.9. The summed E-state index contributed by atoms with van der Waals surface area (Å²) in [5, 5.41) is 2.85. The van der Waals surface area contributed by atoms with E-state index >= 15 is 0 Å². The van der Waals surface area contributed by atoms with Crippen LogP contribution in [0.25, 0.3) is 5.65 Å². The molecule has 0 radical (unpaired) electrons. The van der Waals surface area contributed by atoms with E-state index < -0.39 is 0 Å². The van der Waals surface area contributed by atoms with Gasteiger partial charge in [0, 0.05) is 16.6 Å². The zero-order valence-electron chi connectivity index (χ0n) is 15.4. The van der Waals surface area contributed by atoms with E-state index in [1.165, 1.54) is 6.07 Å². The van der Waals surface area contributed by atoms with Crippen LogP contribution in [-0.4, -0.2) is 15.5 Å². The number of benzene rings is 2. The highest BCUT2D eigenvalue weighted by Crippen LogP contribution is 2.26. The number of rotatable bonds is 5. The van der Waals surface area contributed by atoms with Crippen LogP contribution < -0.4 is 15.6 Å². The fourth-order valence-corrected chi connectivity index (χ4v) is 3.29. The van der Waals surface area contributed by atoms with Gasteiger partial charge in [0.15, 0.2) is 5.65 Å². The maximum atomic E-state index is 12.6. The van der Waals surface area contributed by atoms with Crippen molar-refractivity contribution in [1.82, 2.24) is 9.56 Å². The molecule has 2 heterocycles. The van der Waals surface area contributed by atoms with E-state index in [0.29, 0.717) is 38.6 Å². The average molecular weight is 454 g/mol. The molecule has 0 fully saturated rings. The molecular weight excluding hydrogens is 438 g/mol. The van der Waals surface area contributed by atoms with Gasteiger partial charge in [0.2, 0.25) is 0 Å². The fraction of sp³-hybridized carbons (Fsp3) is 0.0952. The van der Waals surface area contributed by atoms with E-state index in [4.69, 9.17) is 9.26 Å². The van der Waals surface area contributed by atoms with Crippen LogP contribution in [0.2, 0.25) is 0 Å². The highest BCUT2D eigenvalue weighted by Gasteiger charge is 2.13. The molecule has 0 bridgehead atoms. The number of nitrogens with zero attached hydrogens (tertiary/aromatic N) is 2. The summed E-state index contributed by atoms with van der Waals surface area (Å²) in [6, 6.07) is 17.3. The predicted molar refractivity (Wildman–Crippen MR) is 111 cm³/mol. The number of amides is 1. The van der Waals surface area contributed by atoms with Crippen molar-refractivity contribution in [3.8, 4) is 5.75 Å². The largest absolute Gasteiger partial charge is 0.485 e. The quantitative estimate of drug-likeness (QED) is 0.489. The van der Waals surface area contributed by atoms with Crippen molar-refractivity contribution < 1.29 is 14.1 Å². The normalized spacial score (nSPS) is 10.8. The van der Waals surface area contributed by atoms with Gasteiger partial charge in [-0.25, -0.2) is 4.98 Å². The minimum Gasteiger partial charge on any atom is -0.485 e. The molecule has 0 atom stereocenters. The van der Waals surface area contributed by atoms with Crippen LogP contribution in [0.3, 0.4) is 0 Å². The molecule has 0 aliphatic carbocycles. The lowest BCUT2D eigenvalue weighted by molar-refractivity contribution is 0.102. The monoisotopic (exact) mass is 453 g/mol. The van der Waals surface area contributed by atoms with Gasteiger partial charge in [0.05, 0.1) is 16.9 Å². The Bertz CT molecular complexity index is 1260. The number of halogens is 1. The number of ether oxygens (including phenoxy) is 1. The van der Waals surface area contributed by atoms with Crippen LogP contribution >= 0.6 is 15.9 Å². The Morgan fingerprint density at radius 3 is 2.76 bits per heavy atom. The number of anilines is 1. The van der Waals surface area contributed by atoms with E-state index in [1.807, 2.05) is 6.07 Å². The lowest BCUT2D eigenvalue weighted by atomic mass is 10.2. The summed E-state index contributed by atoms with van der Waals surface area (Å²) in [6.45, 7) is 1.81. The first kappa shape index (κ1) is 18.9. The molecule has 8 heteroatoms. The van der Waals surface area contributed by atoms with Crippen LogP contribution in [0.4, 0.5) is 5.69 Å². The Hall–Kier alpha value is -3.39. The average Bonchev–Trinajstić information content (AvgIpc) is 3.08. The summed E-state index contributed by atoms with van der Waals surface area (Å²) in [5.74, 6) is 0.797. The molecule has 0 saturated heterocycles.